The molecular formula is C14H30N4. The number of nitrogens with zero attached hydrogens (tertiary/aromatic N) is 2. The van der Waals surface area contributed by atoms with Gasteiger partial charge >= 0.3 is 0 Å². The van der Waals surface area contributed by atoms with Crippen LogP contribution >= 0.6 is 0 Å². The van der Waals surface area contributed by atoms with Gasteiger partial charge in [-0.25, -0.2) is 0 Å². The second-order valence-electron chi connectivity index (χ2n) is 5.69. The third kappa shape index (κ3) is 5.71. The average Bonchev–Trinajstić information content (AvgIpc) is 2.73. The molecule has 1 atom stereocenters. The SMILES string of the molecule is CCCCNC(N)=NC[C@H]1CCCN1CC(C)C. The largest absolute Gasteiger partial charge is 0.370 e. The van der Waals surface area contributed by atoms with Crippen LogP contribution in [0.5, 0.6) is 0 Å². The van der Waals surface area contributed by atoms with Crippen LogP contribution in [0.3, 0.4) is 0 Å². The fraction of sp³-hybridized carbons (Fsp3) is 0.929. The van der Waals surface area contributed by atoms with Crippen LogP contribution < -0.4 is 11.1 Å². The summed E-state index contributed by atoms with van der Waals surface area (Å²) in [5, 5.41) is 3.17. The lowest BCUT2D eigenvalue weighted by molar-refractivity contribution is 0.231. The highest BCUT2D eigenvalue weighted by Gasteiger charge is 2.24. The highest BCUT2D eigenvalue weighted by molar-refractivity contribution is 5.77. The second-order valence-corrected chi connectivity index (χ2v) is 5.69. The third-order valence-corrected chi connectivity index (χ3v) is 3.41. The maximum Gasteiger partial charge on any atom is 0.188 e. The number of hydrogen-bond acceptors (Lipinski definition) is 2. The van der Waals surface area contributed by atoms with Crippen molar-refractivity contribution in [3.05, 3.63) is 0 Å². The van der Waals surface area contributed by atoms with E-state index in [2.05, 4.69) is 36.0 Å². The van der Waals surface area contributed by atoms with Crippen molar-refractivity contribution < 1.29 is 0 Å². The van der Waals surface area contributed by atoms with Gasteiger partial charge in [0.05, 0.1) is 6.54 Å². The first kappa shape index (κ1) is 15.3. The summed E-state index contributed by atoms with van der Waals surface area (Å²) in [4.78, 5) is 7.04. The van der Waals surface area contributed by atoms with Gasteiger partial charge in [0.1, 0.15) is 0 Å². The van der Waals surface area contributed by atoms with E-state index in [0.717, 1.165) is 25.4 Å². The van der Waals surface area contributed by atoms with E-state index in [-0.39, 0.29) is 0 Å². The molecule has 0 saturated carbocycles. The molecule has 1 fully saturated rings. The summed E-state index contributed by atoms with van der Waals surface area (Å²) in [6.07, 6.45) is 4.90. The highest BCUT2D eigenvalue weighted by Crippen LogP contribution is 2.18. The fourth-order valence-corrected chi connectivity index (χ4v) is 2.46. The molecule has 0 amide bonds. The van der Waals surface area contributed by atoms with Crippen LogP contribution in [0, 0.1) is 5.92 Å². The van der Waals surface area contributed by atoms with Crippen LogP contribution in [-0.4, -0.2) is 43.1 Å². The van der Waals surface area contributed by atoms with Crippen molar-refractivity contribution in [2.75, 3.05) is 26.2 Å². The van der Waals surface area contributed by atoms with Crippen LogP contribution in [0.25, 0.3) is 0 Å². The Hall–Kier alpha value is -0.770. The summed E-state index contributed by atoms with van der Waals surface area (Å²) in [5.41, 5.74) is 5.86. The quantitative estimate of drug-likeness (QED) is 0.414. The minimum atomic E-state index is 0.596. The van der Waals surface area contributed by atoms with E-state index in [4.69, 9.17) is 5.73 Å². The molecule has 0 bridgehead atoms. The van der Waals surface area contributed by atoms with Crippen LogP contribution in [0.4, 0.5) is 0 Å². The lowest BCUT2D eigenvalue weighted by Crippen LogP contribution is -2.37. The minimum Gasteiger partial charge on any atom is -0.370 e. The zero-order chi connectivity index (χ0) is 13.4. The van der Waals surface area contributed by atoms with Crippen molar-refractivity contribution >= 4 is 5.96 Å². The summed E-state index contributed by atoms with van der Waals surface area (Å²) in [5.74, 6) is 1.34. The van der Waals surface area contributed by atoms with Gasteiger partial charge in [0.15, 0.2) is 5.96 Å². The summed E-state index contributed by atoms with van der Waals surface area (Å²) in [6.45, 7) is 10.9. The highest BCUT2D eigenvalue weighted by atomic mass is 15.2. The molecule has 0 aromatic rings. The van der Waals surface area contributed by atoms with E-state index >= 15 is 0 Å². The maximum atomic E-state index is 5.86. The molecule has 0 aliphatic carbocycles. The number of aliphatic imine (C=N–C) groups is 1. The molecule has 0 aromatic heterocycles. The Bertz CT molecular complexity index is 250. The Labute approximate surface area is 112 Å². The maximum absolute atomic E-state index is 5.86. The van der Waals surface area contributed by atoms with Gasteiger partial charge in [-0.15, -0.1) is 0 Å². The van der Waals surface area contributed by atoms with Crippen molar-refractivity contribution in [1.29, 1.82) is 0 Å². The van der Waals surface area contributed by atoms with Gasteiger partial charge in [0.2, 0.25) is 0 Å². The predicted molar refractivity (Wildman–Crippen MR) is 78.8 cm³/mol. The summed E-state index contributed by atoms with van der Waals surface area (Å²) in [7, 11) is 0. The number of nitrogens with one attached hydrogen (secondary N) is 1. The molecule has 1 rings (SSSR count). The Kier molecular flexibility index (Phi) is 7.09. The van der Waals surface area contributed by atoms with Crippen molar-refractivity contribution in [3.8, 4) is 0 Å². The lowest BCUT2D eigenvalue weighted by Gasteiger charge is -2.24. The molecule has 0 aromatic carbocycles. The lowest BCUT2D eigenvalue weighted by atomic mass is 10.2. The monoisotopic (exact) mass is 254 g/mol. The number of hydrogen-bond donors (Lipinski definition) is 2. The first-order chi connectivity index (χ1) is 8.63. The molecule has 4 nitrogen and oxygen atoms in total. The summed E-state index contributed by atoms with van der Waals surface area (Å²) < 4.78 is 0. The zero-order valence-electron chi connectivity index (χ0n) is 12.3. The molecule has 3 N–H and O–H groups in total. The molecule has 0 unspecified atom stereocenters. The topological polar surface area (TPSA) is 53.6 Å². The van der Waals surface area contributed by atoms with Gasteiger partial charge in [0.25, 0.3) is 0 Å². The van der Waals surface area contributed by atoms with Gasteiger partial charge in [-0.05, 0) is 31.7 Å². The van der Waals surface area contributed by atoms with E-state index in [1.807, 2.05) is 0 Å². The van der Waals surface area contributed by atoms with Crippen LogP contribution in [-0.2, 0) is 0 Å². The average molecular weight is 254 g/mol. The van der Waals surface area contributed by atoms with E-state index in [1.54, 1.807) is 0 Å². The molecule has 1 saturated heterocycles. The summed E-state index contributed by atoms with van der Waals surface area (Å²) in [6, 6.07) is 0.596. The Morgan fingerprint density at radius 2 is 2.28 bits per heavy atom. The van der Waals surface area contributed by atoms with Crippen molar-refractivity contribution in [2.24, 2.45) is 16.6 Å². The fourth-order valence-electron chi connectivity index (χ4n) is 2.46. The van der Waals surface area contributed by atoms with Gasteiger partial charge in [0, 0.05) is 19.1 Å². The first-order valence-corrected chi connectivity index (χ1v) is 7.41. The minimum absolute atomic E-state index is 0.596. The van der Waals surface area contributed by atoms with Gasteiger partial charge < -0.3 is 11.1 Å². The molecule has 1 aliphatic rings. The standard InChI is InChI=1S/C14H30N4/c1-4-5-8-16-14(15)17-10-13-7-6-9-18(13)11-12(2)3/h12-13H,4-11H2,1-3H3,(H3,15,16,17)/t13-/m1/s1. The third-order valence-electron chi connectivity index (χ3n) is 3.41. The Balaban J connectivity index is 2.29. The molecule has 0 spiro atoms. The van der Waals surface area contributed by atoms with Gasteiger partial charge in [-0.1, -0.05) is 27.2 Å². The Morgan fingerprint density at radius 1 is 1.50 bits per heavy atom. The van der Waals surface area contributed by atoms with Gasteiger partial charge in [-0.2, -0.15) is 0 Å². The van der Waals surface area contributed by atoms with E-state index in [1.165, 1.54) is 32.4 Å². The van der Waals surface area contributed by atoms with Gasteiger partial charge in [-0.3, -0.25) is 9.89 Å². The van der Waals surface area contributed by atoms with Crippen LogP contribution in [0.15, 0.2) is 4.99 Å². The molecule has 1 heterocycles. The van der Waals surface area contributed by atoms with Crippen LogP contribution in [0.1, 0.15) is 46.5 Å². The smallest absolute Gasteiger partial charge is 0.188 e. The van der Waals surface area contributed by atoms with Crippen LogP contribution in [0.2, 0.25) is 0 Å². The molecule has 0 radical (unpaired) electrons. The van der Waals surface area contributed by atoms with Crippen molar-refractivity contribution in [1.82, 2.24) is 10.2 Å². The molecular weight excluding hydrogens is 224 g/mol. The normalized spacial score (nSPS) is 21.8. The number of likely N-dealkylation sites (tertiary alicyclic amines) is 1. The molecule has 4 heteroatoms. The van der Waals surface area contributed by atoms with E-state index in [9.17, 15) is 0 Å². The van der Waals surface area contributed by atoms with E-state index in [0.29, 0.717) is 12.0 Å². The zero-order valence-corrected chi connectivity index (χ0v) is 12.3. The first-order valence-electron chi connectivity index (χ1n) is 7.41. The number of unbranched alkanes of at least 4 members (excludes halogenated alkanes) is 1. The number of guanidine groups is 1. The van der Waals surface area contributed by atoms with E-state index < -0.39 is 0 Å². The predicted octanol–water partition coefficient (Wildman–Crippen LogP) is 1.81. The Morgan fingerprint density at radius 3 is 2.94 bits per heavy atom. The molecule has 106 valence electrons. The second kappa shape index (κ2) is 8.35. The number of rotatable bonds is 7. The summed E-state index contributed by atoms with van der Waals surface area (Å²) >= 11 is 0. The van der Waals surface area contributed by atoms with Crippen molar-refractivity contribution in [3.63, 3.8) is 0 Å². The molecule has 1 aliphatic heterocycles. The van der Waals surface area contributed by atoms with Crippen molar-refractivity contribution in [2.45, 2.75) is 52.5 Å². The molecule has 18 heavy (non-hydrogen) atoms. The number of nitrogens with two attached hydrogens (primary N) is 1.